The van der Waals surface area contributed by atoms with Gasteiger partial charge in [-0.25, -0.2) is 17.2 Å². The number of nitrogens with one attached hydrogen (secondary N) is 1. The first-order valence-corrected chi connectivity index (χ1v) is 6.92. The van der Waals surface area contributed by atoms with E-state index in [-0.39, 0.29) is 5.69 Å². The van der Waals surface area contributed by atoms with Crippen LogP contribution < -0.4 is 4.72 Å². The fraction of sp³-hybridized carbons (Fsp3) is 0.400. The molecule has 1 rings (SSSR count). The largest absolute Gasteiger partial charge is 0.427 e. The van der Waals surface area contributed by atoms with Gasteiger partial charge in [0, 0.05) is 5.69 Å². The second kappa shape index (κ2) is 5.17. The van der Waals surface area contributed by atoms with Gasteiger partial charge in [0.15, 0.2) is 0 Å². The van der Waals surface area contributed by atoms with Gasteiger partial charge in [-0.2, -0.15) is 13.2 Å². The lowest BCUT2D eigenvalue weighted by atomic mass is 9.93. The number of hydrogen-bond acceptors (Lipinski definition) is 3. The molecule has 0 fully saturated rings. The summed E-state index contributed by atoms with van der Waals surface area (Å²) in [6.45, 7) is 0. The topological polar surface area (TPSA) is 66.4 Å². The van der Waals surface area contributed by atoms with E-state index in [4.69, 9.17) is 0 Å². The fourth-order valence-electron chi connectivity index (χ4n) is 1.42. The molecule has 0 aliphatic rings. The zero-order valence-electron chi connectivity index (χ0n) is 9.95. The Balaban J connectivity index is 3.20. The van der Waals surface area contributed by atoms with Crippen LogP contribution in [0.4, 0.5) is 27.6 Å². The van der Waals surface area contributed by atoms with E-state index in [9.17, 15) is 35.5 Å². The molecule has 0 saturated heterocycles. The van der Waals surface area contributed by atoms with E-state index in [2.05, 4.69) is 0 Å². The maximum atomic E-state index is 12.6. The van der Waals surface area contributed by atoms with Crippen LogP contribution in [0.3, 0.4) is 0 Å². The molecule has 1 unspecified atom stereocenters. The molecule has 1 aromatic rings. The van der Waals surface area contributed by atoms with Crippen LogP contribution in [0.25, 0.3) is 0 Å². The van der Waals surface area contributed by atoms with Gasteiger partial charge in [0.2, 0.25) is 15.6 Å². The maximum Gasteiger partial charge on any atom is 0.427 e. The van der Waals surface area contributed by atoms with Crippen LogP contribution in [0.5, 0.6) is 0 Å². The number of alkyl halides is 5. The molecule has 0 aromatic heterocycles. The van der Waals surface area contributed by atoms with Crippen molar-refractivity contribution in [2.24, 2.45) is 0 Å². The SMILES string of the molecule is CS(=O)(=O)Nc1ccc(C(O)(C(F)F)C(F)(F)F)cc1. The summed E-state index contributed by atoms with van der Waals surface area (Å²) in [5, 5.41) is 9.21. The van der Waals surface area contributed by atoms with Crippen molar-refractivity contribution in [3.63, 3.8) is 0 Å². The first kappa shape index (κ1) is 16.6. The first-order chi connectivity index (χ1) is 8.88. The Hall–Kier alpha value is -1.42. The van der Waals surface area contributed by atoms with E-state index in [1.807, 2.05) is 4.72 Å². The highest BCUT2D eigenvalue weighted by Crippen LogP contribution is 2.43. The third-order valence-electron chi connectivity index (χ3n) is 2.38. The molecule has 0 aliphatic heterocycles. The minimum Gasteiger partial charge on any atom is -0.372 e. The molecule has 0 aliphatic carbocycles. The molecule has 114 valence electrons. The summed E-state index contributed by atoms with van der Waals surface area (Å²) in [6.07, 6.45) is -8.85. The smallest absolute Gasteiger partial charge is 0.372 e. The summed E-state index contributed by atoms with van der Waals surface area (Å²) < 4.78 is 86.6. The van der Waals surface area contributed by atoms with Gasteiger partial charge in [0.25, 0.3) is 6.43 Å². The molecular formula is C10H10F5NO3S. The quantitative estimate of drug-likeness (QED) is 0.835. The average Bonchev–Trinajstić information content (AvgIpc) is 2.25. The highest BCUT2D eigenvalue weighted by molar-refractivity contribution is 7.92. The first-order valence-electron chi connectivity index (χ1n) is 5.03. The van der Waals surface area contributed by atoms with E-state index < -0.39 is 33.8 Å². The lowest BCUT2D eigenvalue weighted by Gasteiger charge is -2.30. The Kier molecular flexibility index (Phi) is 4.30. The van der Waals surface area contributed by atoms with Gasteiger partial charge >= 0.3 is 6.18 Å². The third-order valence-corrected chi connectivity index (χ3v) is 2.98. The molecule has 2 N–H and O–H groups in total. The van der Waals surface area contributed by atoms with E-state index >= 15 is 0 Å². The molecule has 0 spiro atoms. The summed E-state index contributed by atoms with van der Waals surface area (Å²) in [6, 6.07) is 2.84. The second-order valence-electron chi connectivity index (χ2n) is 4.02. The Morgan fingerprint density at radius 1 is 1.15 bits per heavy atom. The third kappa shape index (κ3) is 3.37. The van der Waals surface area contributed by atoms with Crippen molar-refractivity contribution in [1.29, 1.82) is 0 Å². The van der Waals surface area contributed by atoms with Gasteiger partial charge in [0.05, 0.1) is 6.26 Å². The Morgan fingerprint density at radius 3 is 1.90 bits per heavy atom. The standard InChI is InChI=1S/C10H10F5NO3S/c1-20(18,19)16-7-4-2-6(3-5-7)9(17,8(11)12)10(13,14)15/h2-5,8,16-17H,1H3. The molecule has 10 heteroatoms. The molecular weight excluding hydrogens is 309 g/mol. The molecule has 0 saturated carbocycles. The van der Waals surface area contributed by atoms with Gasteiger partial charge < -0.3 is 5.11 Å². The molecule has 4 nitrogen and oxygen atoms in total. The summed E-state index contributed by atoms with van der Waals surface area (Å²) >= 11 is 0. The molecule has 1 aromatic carbocycles. The highest BCUT2D eigenvalue weighted by Gasteiger charge is 2.61. The van der Waals surface area contributed by atoms with Crippen LogP contribution in [-0.4, -0.2) is 32.4 Å². The monoisotopic (exact) mass is 319 g/mol. The van der Waals surface area contributed by atoms with Crippen molar-refractivity contribution in [3.05, 3.63) is 29.8 Å². The van der Waals surface area contributed by atoms with Crippen molar-refractivity contribution >= 4 is 15.7 Å². The van der Waals surface area contributed by atoms with Crippen molar-refractivity contribution in [2.75, 3.05) is 11.0 Å². The summed E-state index contributed by atoms with van der Waals surface area (Å²) in [4.78, 5) is 0. The number of rotatable bonds is 4. The van der Waals surface area contributed by atoms with Gasteiger partial charge in [-0.15, -0.1) is 0 Å². The Labute approximate surface area is 111 Å². The Morgan fingerprint density at radius 2 is 1.60 bits per heavy atom. The maximum absolute atomic E-state index is 12.6. The molecule has 20 heavy (non-hydrogen) atoms. The van der Waals surface area contributed by atoms with Crippen LogP contribution >= 0.6 is 0 Å². The predicted octanol–water partition coefficient (Wildman–Crippen LogP) is 2.07. The van der Waals surface area contributed by atoms with Gasteiger partial charge in [0.1, 0.15) is 0 Å². The highest BCUT2D eigenvalue weighted by atomic mass is 32.2. The van der Waals surface area contributed by atoms with Crippen LogP contribution in [0, 0.1) is 0 Å². The number of benzene rings is 1. The molecule has 0 amide bonds. The van der Waals surface area contributed by atoms with E-state index in [1.165, 1.54) is 0 Å². The molecule has 1 atom stereocenters. The number of anilines is 1. The van der Waals surface area contributed by atoms with Crippen LogP contribution in [-0.2, 0) is 15.6 Å². The minimum absolute atomic E-state index is 0.116. The number of aliphatic hydroxyl groups is 1. The second-order valence-corrected chi connectivity index (χ2v) is 5.76. The average molecular weight is 319 g/mol. The minimum atomic E-state index is -5.58. The van der Waals surface area contributed by atoms with Crippen molar-refractivity contribution < 1.29 is 35.5 Å². The summed E-state index contributed by atoms with van der Waals surface area (Å²) in [7, 11) is -3.65. The van der Waals surface area contributed by atoms with E-state index in [0.29, 0.717) is 12.1 Å². The lowest BCUT2D eigenvalue weighted by molar-refractivity contribution is -0.305. The van der Waals surface area contributed by atoms with Crippen molar-refractivity contribution in [3.8, 4) is 0 Å². The van der Waals surface area contributed by atoms with Crippen LogP contribution in [0.2, 0.25) is 0 Å². The normalized spacial score (nSPS) is 16.0. The van der Waals surface area contributed by atoms with Gasteiger partial charge in [-0.3, -0.25) is 4.72 Å². The summed E-state index contributed by atoms with van der Waals surface area (Å²) in [5.74, 6) is 0. The summed E-state index contributed by atoms with van der Waals surface area (Å²) in [5.41, 5.74) is -5.51. The van der Waals surface area contributed by atoms with E-state index in [1.54, 1.807) is 0 Å². The van der Waals surface area contributed by atoms with E-state index in [0.717, 1.165) is 18.4 Å². The number of sulfonamides is 1. The zero-order valence-corrected chi connectivity index (χ0v) is 10.8. The van der Waals surface area contributed by atoms with Gasteiger partial charge in [-0.1, -0.05) is 12.1 Å². The fourth-order valence-corrected chi connectivity index (χ4v) is 1.98. The molecule has 0 radical (unpaired) electrons. The lowest BCUT2D eigenvalue weighted by Crippen LogP contribution is -2.48. The van der Waals surface area contributed by atoms with Crippen LogP contribution in [0.15, 0.2) is 24.3 Å². The van der Waals surface area contributed by atoms with Crippen molar-refractivity contribution in [1.82, 2.24) is 0 Å². The number of halogens is 5. The van der Waals surface area contributed by atoms with Crippen molar-refractivity contribution in [2.45, 2.75) is 18.2 Å². The molecule has 0 bridgehead atoms. The number of hydrogen-bond donors (Lipinski definition) is 2. The van der Waals surface area contributed by atoms with Gasteiger partial charge in [-0.05, 0) is 17.7 Å². The Bertz CT molecular complexity index is 570. The van der Waals surface area contributed by atoms with Crippen LogP contribution in [0.1, 0.15) is 5.56 Å². The predicted molar refractivity (Wildman–Crippen MR) is 60.9 cm³/mol. The zero-order chi connectivity index (χ0) is 15.8. The molecule has 0 heterocycles.